The molecule has 0 fully saturated rings. The van der Waals surface area contributed by atoms with E-state index < -0.39 is 5.91 Å². The van der Waals surface area contributed by atoms with Crippen LogP contribution in [0.3, 0.4) is 0 Å². The molecule has 3 rings (SSSR count). The van der Waals surface area contributed by atoms with Gasteiger partial charge in [0.05, 0.1) is 5.69 Å². The van der Waals surface area contributed by atoms with Gasteiger partial charge in [-0.1, -0.05) is 0 Å². The van der Waals surface area contributed by atoms with Crippen molar-refractivity contribution in [3.8, 4) is 5.75 Å². The van der Waals surface area contributed by atoms with Gasteiger partial charge >= 0.3 is 0 Å². The largest absolute Gasteiger partial charge is 0.482 e. The molecule has 2 heterocycles. The molecule has 0 unspecified atom stereocenters. The lowest BCUT2D eigenvalue weighted by Crippen LogP contribution is -2.25. The number of ether oxygens (including phenoxy) is 1. The van der Waals surface area contributed by atoms with E-state index in [1.165, 1.54) is 0 Å². The van der Waals surface area contributed by atoms with Crippen molar-refractivity contribution in [2.75, 3.05) is 23.0 Å². The number of amides is 2. The Hall–Kier alpha value is -3.10. The Morgan fingerprint density at radius 3 is 3.00 bits per heavy atom. The number of hydrogen-bond donors (Lipinski definition) is 3. The third-order valence-electron chi connectivity index (χ3n) is 2.60. The Morgan fingerprint density at radius 2 is 2.25 bits per heavy atom. The fourth-order valence-corrected chi connectivity index (χ4v) is 1.70. The minimum atomic E-state index is -0.563. The molecular formula is C11H9N5O4. The van der Waals surface area contributed by atoms with E-state index in [2.05, 4.69) is 25.6 Å². The van der Waals surface area contributed by atoms with Crippen molar-refractivity contribution in [1.29, 1.82) is 0 Å². The second-order valence-electron chi connectivity index (χ2n) is 4.00. The van der Waals surface area contributed by atoms with Gasteiger partial charge in [0.15, 0.2) is 6.61 Å². The van der Waals surface area contributed by atoms with E-state index >= 15 is 0 Å². The summed E-state index contributed by atoms with van der Waals surface area (Å²) in [5, 5.41) is 11.9. The molecule has 1 aliphatic rings. The fourth-order valence-electron chi connectivity index (χ4n) is 1.70. The van der Waals surface area contributed by atoms with E-state index in [4.69, 9.17) is 10.5 Å². The van der Waals surface area contributed by atoms with Crippen molar-refractivity contribution in [2.45, 2.75) is 0 Å². The molecule has 2 aromatic rings. The maximum Gasteiger partial charge on any atom is 0.281 e. The summed E-state index contributed by atoms with van der Waals surface area (Å²) in [6.07, 6.45) is 0. The molecule has 0 aliphatic carbocycles. The lowest BCUT2D eigenvalue weighted by atomic mass is 10.2. The zero-order valence-corrected chi connectivity index (χ0v) is 10.0. The van der Waals surface area contributed by atoms with Gasteiger partial charge in [0, 0.05) is 5.69 Å². The van der Waals surface area contributed by atoms with Crippen LogP contribution in [0.25, 0.3) is 0 Å². The maximum absolute atomic E-state index is 11.9. The highest BCUT2D eigenvalue weighted by molar-refractivity contribution is 6.06. The number of hydrogen-bond acceptors (Lipinski definition) is 7. The summed E-state index contributed by atoms with van der Waals surface area (Å²) in [5.41, 5.74) is 6.23. The van der Waals surface area contributed by atoms with Crippen LogP contribution in [-0.2, 0) is 4.79 Å². The van der Waals surface area contributed by atoms with Gasteiger partial charge in [0.2, 0.25) is 11.5 Å². The van der Waals surface area contributed by atoms with Crippen LogP contribution >= 0.6 is 0 Å². The van der Waals surface area contributed by atoms with Crippen molar-refractivity contribution in [1.82, 2.24) is 10.3 Å². The number of carbonyl (C=O) groups excluding carboxylic acids is 2. The van der Waals surface area contributed by atoms with Crippen LogP contribution in [0.5, 0.6) is 5.75 Å². The van der Waals surface area contributed by atoms with E-state index in [-0.39, 0.29) is 24.0 Å². The molecule has 0 atom stereocenters. The van der Waals surface area contributed by atoms with E-state index in [1.54, 1.807) is 18.2 Å². The second-order valence-corrected chi connectivity index (χ2v) is 4.00. The number of nitrogens with zero attached hydrogens (tertiary/aromatic N) is 2. The first-order chi connectivity index (χ1) is 9.63. The summed E-state index contributed by atoms with van der Waals surface area (Å²) in [4.78, 5) is 23.1. The van der Waals surface area contributed by atoms with E-state index in [1.807, 2.05) is 0 Å². The van der Waals surface area contributed by atoms with Gasteiger partial charge in [0.25, 0.3) is 11.8 Å². The number of fused-ring (bicyclic) bond motifs is 1. The highest BCUT2D eigenvalue weighted by atomic mass is 16.6. The van der Waals surface area contributed by atoms with Gasteiger partial charge in [-0.15, -0.1) is 0 Å². The molecule has 102 valence electrons. The zero-order valence-electron chi connectivity index (χ0n) is 10.0. The summed E-state index contributed by atoms with van der Waals surface area (Å²) < 4.78 is 9.55. The summed E-state index contributed by atoms with van der Waals surface area (Å²) in [6, 6.07) is 4.82. The number of rotatable bonds is 2. The number of nitrogens with two attached hydrogens (primary N) is 1. The lowest BCUT2D eigenvalue weighted by molar-refractivity contribution is -0.118. The van der Waals surface area contributed by atoms with Crippen molar-refractivity contribution < 1.29 is 19.0 Å². The normalized spacial score (nSPS) is 13.1. The minimum absolute atomic E-state index is 0.0279. The van der Waals surface area contributed by atoms with Crippen LogP contribution in [0.1, 0.15) is 10.5 Å². The molecule has 0 saturated heterocycles. The molecule has 2 amide bonds. The average Bonchev–Trinajstić information content (AvgIpc) is 2.84. The quantitative estimate of drug-likeness (QED) is 0.714. The highest BCUT2D eigenvalue weighted by Gasteiger charge is 2.19. The van der Waals surface area contributed by atoms with E-state index in [9.17, 15) is 9.59 Å². The van der Waals surface area contributed by atoms with Crippen LogP contribution in [0.2, 0.25) is 0 Å². The van der Waals surface area contributed by atoms with Crippen molar-refractivity contribution in [2.24, 2.45) is 0 Å². The smallest absolute Gasteiger partial charge is 0.281 e. The molecule has 1 aromatic heterocycles. The highest BCUT2D eigenvalue weighted by Crippen LogP contribution is 2.30. The van der Waals surface area contributed by atoms with Gasteiger partial charge in [-0.05, 0) is 28.5 Å². The predicted octanol–water partition coefficient (Wildman–Crippen LogP) is 0.235. The standard InChI is InChI=1S/C11H9N5O4/c12-10-9(15-20-16-10)11(18)13-5-1-2-7-6(3-5)14-8(17)4-19-7/h1-3H,4H2,(H2,12,16)(H,13,18)(H,14,17). The van der Waals surface area contributed by atoms with E-state index in [0.29, 0.717) is 17.1 Å². The fraction of sp³-hybridized carbons (Fsp3) is 0.0909. The first-order valence-electron chi connectivity index (χ1n) is 5.59. The maximum atomic E-state index is 11.9. The molecule has 9 nitrogen and oxygen atoms in total. The number of carbonyl (C=O) groups is 2. The zero-order chi connectivity index (χ0) is 14.1. The molecule has 1 aromatic carbocycles. The van der Waals surface area contributed by atoms with Crippen LogP contribution in [-0.4, -0.2) is 28.7 Å². The Labute approximate surface area is 112 Å². The average molecular weight is 275 g/mol. The Morgan fingerprint density at radius 1 is 1.40 bits per heavy atom. The molecular weight excluding hydrogens is 266 g/mol. The van der Waals surface area contributed by atoms with Crippen molar-refractivity contribution in [3.05, 3.63) is 23.9 Å². The van der Waals surface area contributed by atoms with E-state index in [0.717, 1.165) is 0 Å². The molecule has 0 saturated carbocycles. The summed E-state index contributed by atoms with van der Waals surface area (Å²) in [6.45, 7) is -0.0279. The number of nitrogen functional groups attached to an aromatic ring is 1. The van der Waals surface area contributed by atoms with Crippen molar-refractivity contribution >= 4 is 29.0 Å². The topological polar surface area (TPSA) is 132 Å². The van der Waals surface area contributed by atoms with Gasteiger partial charge in [-0.25, -0.2) is 4.63 Å². The Kier molecular flexibility index (Phi) is 2.71. The molecule has 0 radical (unpaired) electrons. The molecule has 0 bridgehead atoms. The first kappa shape index (κ1) is 12.0. The molecule has 0 spiro atoms. The summed E-state index contributed by atoms with van der Waals surface area (Å²) >= 11 is 0. The molecule has 20 heavy (non-hydrogen) atoms. The van der Waals surface area contributed by atoms with Gasteiger partial charge < -0.3 is 21.1 Å². The van der Waals surface area contributed by atoms with Crippen LogP contribution in [0, 0.1) is 0 Å². The molecule has 9 heteroatoms. The third kappa shape index (κ3) is 2.11. The van der Waals surface area contributed by atoms with Crippen LogP contribution < -0.4 is 21.1 Å². The third-order valence-corrected chi connectivity index (χ3v) is 2.60. The molecule has 4 N–H and O–H groups in total. The monoisotopic (exact) mass is 275 g/mol. The SMILES string of the molecule is Nc1nonc1C(=O)Nc1ccc2c(c1)NC(=O)CO2. The summed E-state index contributed by atoms with van der Waals surface area (Å²) in [7, 11) is 0. The Balaban J connectivity index is 1.82. The number of benzene rings is 1. The second kappa shape index (κ2) is 4.53. The van der Waals surface area contributed by atoms with Crippen LogP contribution in [0.4, 0.5) is 17.2 Å². The summed E-state index contributed by atoms with van der Waals surface area (Å²) in [5.74, 6) is -0.389. The van der Waals surface area contributed by atoms with Crippen LogP contribution in [0.15, 0.2) is 22.8 Å². The first-order valence-corrected chi connectivity index (χ1v) is 5.59. The number of nitrogens with one attached hydrogen (secondary N) is 2. The van der Waals surface area contributed by atoms with Gasteiger partial charge in [-0.2, -0.15) is 0 Å². The number of anilines is 3. The molecule has 1 aliphatic heterocycles. The minimum Gasteiger partial charge on any atom is -0.482 e. The van der Waals surface area contributed by atoms with Crippen molar-refractivity contribution in [3.63, 3.8) is 0 Å². The Bertz CT molecular complexity index is 696. The lowest BCUT2D eigenvalue weighted by Gasteiger charge is -2.18. The predicted molar refractivity (Wildman–Crippen MR) is 67.2 cm³/mol. The number of aromatic nitrogens is 2. The van der Waals surface area contributed by atoms with Gasteiger partial charge in [0.1, 0.15) is 5.75 Å². The van der Waals surface area contributed by atoms with Gasteiger partial charge in [-0.3, -0.25) is 9.59 Å².